The highest BCUT2D eigenvalue weighted by molar-refractivity contribution is 6.03. The van der Waals surface area contributed by atoms with Gasteiger partial charge in [-0.15, -0.1) is 0 Å². The summed E-state index contributed by atoms with van der Waals surface area (Å²) >= 11 is 0. The van der Waals surface area contributed by atoms with Crippen LogP contribution in [0.15, 0.2) is 65.8 Å². The Morgan fingerprint density at radius 2 is 1.90 bits per heavy atom. The number of nitrogens with two attached hydrogens (primary N) is 2. The SMILES string of the molecule is CNc1cc(-c2ccccc2/C(=N/N)NN)nc(N(CCOC)C2CCOCC2)c1.O=CNc1ccc(F)cc1. The van der Waals surface area contributed by atoms with Gasteiger partial charge in [0, 0.05) is 68.5 Å². The van der Waals surface area contributed by atoms with Gasteiger partial charge in [0.05, 0.1) is 12.3 Å². The molecule has 3 aromatic rings. The number of halogens is 1. The zero-order chi connectivity index (χ0) is 28.7. The van der Waals surface area contributed by atoms with E-state index in [4.69, 9.17) is 26.1 Å². The Labute approximate surface area is 233 Å². The van der Waals surface area contributed by atoms with Crippen molar-refractivity contribution in [3.05, 3.63) is 72.0 Å². The molecule has 40 heavy (non-hydrogen) atoms. The molecule has 0 unspecified atom stereocenters. The van der Waals surface area contributed by atoms with Gasteiger partial charge in [-0.3, -0.25) is 4.79 Å². The van der Waals surface area contributed by atoms with E-state index in [1.807, 2.05) is 37.4 Å². The van der Waals surface area contributed by atoms with Crippen molar-refractivity contribution >= 4 is 29.4 Å². The van der Waals surface area contributed by atoms with Crippen LogP contribution in [-0.4, -0.2) is 63.8 Å². The number of ether oxygens (including phenoxy) is 2. The Kier molecular flexibility index (Phi) is 12.1. The van der Waals surface area contributed by atoms with E-state index in [0.29, 0.717) is 30.6 Å². The predicted molar refractivity (Wildman–Crippen MR) is 156 cm³/mol. The zero-order valence-corrected chi connectivity index (χ0v) is 22.8. The summed E-state index contributed by atoms with van der Waals surface area (Å²) in [6, 6.07) is 17.7. The second kappa shape index (κ2) is 16.0. The highest BCUT2D eigenvalue weighted by atomic mass is 19.1. The summed E-state index contributed by atoms with van der Waals surface area (Å²) in [5.74, 6) is 12.1. The quantitative estimate of drug-likeness (QED) is 0.0840. The summed E-state index contributed by atoms with van der Waals surface area (Å²) in [5, 5.41) is 9.41. The third-order valence-electron chi connectivity index (χ3n) is 6.36. The van der Waals surface area contributed by atoms with E-state index < -0.39 is 0 Å². The van der Waals surface area contributed by atoms with Gasteiger partial charge in [0.2, 0.25) is 6.41 Å². The average molecular weight is 553 g/mol. The number of carbonyl (C=O) groups is 1. The Morgan fingerprint density at radius 3 is 2.52 bits per heavy atom. The molecule has 2 heterocycles. The molecule has 1 fully saturated rings. The maximum Gasteiger partial charge on any atom is 0.211 e. The molecule has 0 radical (unpaired) electrons. The van der Waals surface area contributed by atoms with E-state index in [9.17, 15) is 9.18 Å². The summed E-state index contributed by atoms with van der Waals surface area (Å²) in [7, 11) is 3.62. The van der Waals surface area contributed by atoms with Crippen LogP contribution in [0, 0.1) is 5.82 Å². The van der Waals surface area contributed by atoms with Gasteiger partial charge in [0.15, 0.2) is 5.84 Å². The largest absolute Gasteiger partial charge is 0.388 e. The fraction of sp³-hybridized carbons (Fsp3) is 0.321. The van der Waals surface area contributed by atoms with E-state index in [2.05, 4.69) is 32.1 Å². The summed E-state index contributed by atoms with van der Waals surface area (Å²) in [6.07, 6.45) is 2.47. The van der Waals surface area contributed by atoms with Crippen molar-refractivity contribution in [2.45, 2.75) is 18.9 Å². The fourth-order valence-corrected chi connectivity index (χ4v) is 4.33. The lowest BCUT2D eigenvalue weighted by Crippen LogP contribution is -2.42. The number of hydrazine groups is 1. The van der Waals surface area contributed by atoms with Crippen molar-refractivity contribution in [3.8, 4) is 11.3 Å². The molecule has 0 saturated carbocycles. The second-order valence-electron chi connectivity index (χ2n) is 8.82. The molecule has 12 heteroatoms. The average Bonchev–Trinajstić information content (AvgIpc) is 3.00. The third-order valence-corrected chi connectivity index (χ3v) is 6.36. The smallest absolute Gasteiger partial charge is 0.211 e. The first-order valence-electron chi connectivity index (χ1n) is 12.9. The standard InChI is InChI=1S/C21H31N7O2.C7H6FNO/c1-24-15-13-19(17-5-3-4-6-18(17)21(26-22)27-23)25-20(14-15)28(9-12-29-2)16-7-10-30-11-8-16;8-6-1-3-7(4-2-6)9-5-10/h3-6,13-14,16H,7-12,22-23H2,1-2H3,(H,24,25)(H,26,27);1-5H,(H,9,10). The van der Waals surface area contributed by atoms with Crippen LogP contribution in [0.25, 0.3) is 11.3 Å². The summed E-state index contributed by atoms with van der Waals surface area (Å²) in [6.45, 7) is 2.89. The first-order valence-corrected chi connectivity index (χ1v) is 12.9. The molecule has 1 aliphatic heterocycles. The summed E-state index contributed by atoms with van der Waals surface area (Å²) < 4.78 is 23.1. The fourth-order valence-electron chi connectivity index (χ4n) is 4.33. The molecule has 2 aromatic carbocycles. The molecule has 0 atom stereocenters. The van der Waals surface area contributed by atoms with Crippen molar-refractivity contribution in [1.29, 1.82) is 0 Å². The van der Waals surface area contributed by atoms with Crippen LogP contribution in [0.2, 0.25) is 0 Å². The van der Waals surface area contributed by atoms with Crippen molar-refractivity contribution in [2.75, 3.05) is 56.1 Å². The van der Waals surface area contributed by atoms with E-state index in [0.717, 1.165) is 60.9 Å². The second-order valence-corrected chi connectivity index (χ2v) is 8.82. The van der Waals surface area contributed by atoms with Gasteiger partial charge < -0.3 is 36.3 Å². The normalized spacial score (nSPS) is 13.6. The molecule has 1 amide bonds. The minimum atomic E-state index is -0.309. The van der Waals surface area contributed by atoms with E-state index in [1.165, 1.54) is 24.3 Å². The number of carbonyl (C=O) groups excluding carboxylic acids is 1. The number of nitrogens with zero attached hydrogens (tertiary/aromatic N) is 3. The molecule has 4 rings (SSSR count). The van der Waals surface area contributed by atoms with Crippen molar-refractivity contribution < 1.29 is 18.7 Å². The maximum absolute atomic E-state index is 12.2. The molecule has 0 spiro atoms. The number of methoxy groups -OCH3 is 1. The molecular weight excluding hydrogens is 515 g/mol. The third kappa shape index (κ3) is 8.37. The lowest BCUT2D eigenvalue weighted by molar-refractivity contribution is -0.105. The maximum atomic E-state index is 12.2. The lowest BCUT2D eigenvalue weighted by Gasteiger charge is -2.35. The van der Waals surface area contributed by atoms with E-state index in [-0.39, 0.29) is 5.82 Å². The van der Waals surface area contributed by atoms with Crippen LogP contribution in [0.4, 0.5) is 21.6 Å². The number of amides is 1. The van der Waals surface area contributed by atoms with Crippen LogP contribution in [0.1, 0.15) is 18.4 Å². The zero-order valence-electron chi connectivity index (χ0n) is 22.8. The number of hydrogen-bond acceptors (Lipinski definition) is 9. The molecule has 7 N–H and O–H groups in total. The molecule has 11 nitrogen and oxygen atoms in total. The van der Waals surface area contributed by atoms with E-state index in [1.54, 1.807) is 7.11 Å². The molecule has 1 aromatic heterocycles. The summed E-state index contributed by atoms with van der Waals surface area (Å²) in [4.78, 5) is 17.2. The van der Waals surface area contributed by atoms with Gasteiger partial charge in [-0.2, -0.15) is 5.10 Å². The van der Waals surface area contributed by atoms with Crippen molar-refractivity contribution in [2.24, 2.45) is 16.8 Å². The van der Waals surface area contributed by atoms with Gasteiger partial charge in [-0.05, 0) is 43.2 Å². The number of pyridine rings is 1. The first-order chi connectivity index (χ1) is 19.5. The molecule has 1 saturated heterocycles. The van der Waals surface area contributed by atoms with Gasteiger partial charge in [0.25, 0.3) is 0 Å². The van der Waals surface area contributed by atoms with Crippen LogP contribution in [0.3, 0.4) is 0 Å². The number of amidine groups is 1. The number of hydrazone groups is 1. The van der Waals surface area contributed by atoms with Gasteiger partial charge in [-0.1, -0.05) is 24.3 Å². The highest BCUT2D eigenvalue weighted by Crippen LogP contribution is 2.30. The number of nitrogens with one attached hydrogen (secondary N) is 3. The number of aromatic nitrogens is 1. The van der Waals surface area contributed by atoms with Crippen molar-refractivity contribution in [1.82, 2.24) is 10.4 Å². The highest BCUT2D eigenvalue weighted by Gasteiger charge is 2.24. The summed E-state index contributed by atoms with van der Waals surface area (Å²) in [5.41, 5.74) is 6.59. The first kappa shape index (κ1) is 30.3. The Morgan fingerprint density at radius 1 is 1.18 bits per heavy atom. The Hall–Kier alpha value is -4.26. The lowest BCUT2D eigenvalue weighted by atomic mass is 10.0. The Balaban J connectivity index is 0.000000371. The number of anilines is 3. The van der Waals surface area contributed by atoms with Crippen molar-refractivity contribution in [3.63, 3.8) is 0 Å². The van der Waals surface area contributed by atoms with Crippen LogP contribution in [0.5, 0.6) is 0 Å². The molecule has 214 valence electrons. The van der Waals surface area contributed by atoms with Gasteiger partial charge in [-0.25, -0.2) is 15.2 Å². The van der Waals surface area contributed by atoms with Gasteiger partial charge in [0.1, 0.15) is 11.6 Å². The monoisotopic (exact) mass is 552 g/mol. The molecular formula is C28H37FN8O3. The molecule has 0 bridgehead atoms. The van der Waals surface area contributed by atoms with Crippen LogP contribution in [-0.2, 0) is 14.3 Å². The number of hydrogen-bond donors (Lipinski definition) is 5. The molecule has 0 aliphatic carbocycles. The predicted octanol–water partition coefficient (Wildman–Crippen LogP) is 2.90. The number of benzene rings is 2. The minimum Gasteiger partial charge on any atom is -0.388 e. The van der Waals surface area contributed by atoms with E-state index >= 15 is 0 Å². The van der Waals surface area contributed by atoms with Crippen LogP contribution >= 0.6 is 0 Å². The Bertz CT molecular complexity index is 1240. The number of rotatable bonds is 10. The van der Waals surface area contributed by atoms with Gasteiger partial charge >= 0.3 is 0 Å². The topological polar surface area (TPSA) is 152 Å². The minimum absolute atomic E-state index is 0.309. The van der Waals surface area contributed by atoms with Crippen LogP contribution < -0.4 is 32.6 Å². The molecule has 1 aliphatic rings.